The molecule has 0 aromatic carbocycles. The first-order chi connectivity index (χ1) is 10.1. The van der Waals surface area contributed by atoms with Crippen LogP contribution in [0.15, 0.2) is 30.6 Å². The first-order valence-corrected chi connectivity index (χ1v) is 6.78. The number of allylic oxidation sites excluding steroid dienone is 1. The number of halogens is 1. The minimum atomic E-state index is 0. The molecule has 0 aliphatic carbocycles. The minimum absolute atomic E-state index is 0. The van der Waals surface area contributed by atoms with Crippen LogP contribution < -0.4 is 0 Å². The van der Waals surface area contributed by atoms with E-state index < -0.39 is 0 Å². The molecule has 0 bridgehead atoms. The molecular weight excluding hydrogens is 327 g/mol. The molecule has 0 saturated heterocycles. The summed E-state index contributed by atoms with van der Waals surface area (Å²) in [7, 11) is 1.86. The number of hydrogen-bond acceptors (Lipinski definition) is 3. The SMILES string of the molecule is Cc1nn(C)c(-n2ccc3cc(Cl)cnc32)c1/C=C/C=O.[KH]. The van der Waals surface area contributed by atoms with Crippen LogP contribution in [0.1, 0.15) is 11.3 Å². The molecule has 0 radical (unpaired) electrons. The third kappa shape index (κ3) is 3.13. The number of carbonyl (C=O) groups is 1. The maximum absolute atomic E-state index is 10.6. The number of hydrogen-bond donors (Lipinski definition) is 0. The fourth-order valence-electron chi connectivity index (χ4n) is 2.45. The van der Waals surface area contributed by atoms with Crippen LogP contribution >= 0.6 is 11.6 Å². The van der Waals surface area contributed by atoms with Gasteiger partial charge in [-0.25, -0.2) is 4.98 Å². The second-order valence-corrected chi connectivity index (χ2v) is 5.13. The molecule has 108 valence electrons. The van der Waals surface area contributed by atoms with Crippen molar-refractivity contribution < 1.29 is 4.79 Å². The van der Waals surface area contributed by atoms with Crippen LogP contribution in [0.3, 0.4) is 0 Å². The Morgan fingerprint density at radius 1 is 1.36 bits per heavy atom. The van der Waals surface area contributed by atoms with Crippen molar-refractivity contribution in [2.75, 3.05) is 0 Å². The predicted molar refractivity (Wildman–Crippen MR) is 89.8 cm³/mol. The Morgan fingerprint density at radius 2 is 2.14 bits per heavy atom. The fourth-order valence-corrected chi connectivity index (χ4v) is 2.61. The van der Waals surface area contributed by atoms with Gasteiger partial charge in [-0.1, -0.05) is 11.6 Å². The maximum atomic E-state index is 10.6. The van der Waals surface area contributed by atoms with Crippen LogP contribution in [0.25, 0.3) is 22.9 Å². The quantitative estimate of drug-likeness (QED) is 0.417. The summed E-state index contributed by atoms with van der Waals surface area (Å²) in [5.74, 6) is 0.857. The Labute approximate surface area is 175 Å². The van der Waals surface area contributed by atoms with Crippen LogP contribution in [0.4, 0.5) is 0 Å². The molecule has 22 heavy (non-hydrogen) atoms. The summed E-state index contributed by atoms with van der Waals surface area (Å²) in [6, 6.07) is 3.81. The van der Waals surface area contributed by atoms with E-state index in [9.17, 15) is 4.79 Å². The zero-order valence-electron chi connectivity index (χ0n) is 11.6. The molecule has 0 spiro atoms. The molecule has 0 fully saturated rings. The van der Waals surface area contributed by atoms with Crippen LogP contribution in [0, 0.1) is 6.92 Å². The number of aryl methyl sites for hydroxylation is 2. The number of aromatic nitrogens is 4. The van der Waals surface area contributed by atoms with Gasteiger partial charge in [0.2, 0.25) is 0 Å². The summed E-state index contributed by atoms with van der Waals surface area (Å²) in [5, 5.41) is 5.97. The normalized spacial score (nSPS) is 11.0. The van der Waals surface area contributed by atoms with Gasteiger partial charge in [-0.2, -0.15) is 5.10 Å². The third-order valence-electron chi connectivity index (χ3n) is 3.30. The molecular formula is C15H14ClKN4O. The van der Waals surface area contributed by atoms with E-state index >= 15 is 0 Å². The first kappa shape index (κ1) is 17.6. The molecule has 0 aliphatic rings. The standard InChI is InChI=1S/C15H13ClN4O.K.H/c1-10-13(4-3-7-21)15(19(2)18-10)20-6-5-11-8-12(16)9-17-14(11)20;;/h3-9H,1-2H3;;/b4-3+;;. The van der Waals surface area contributed by atoms with Crippen molar-refractivity contribution in [3.8, 4) is 5.82 Å². The molecule has 0 N–H and O–H groups in total. The Bertz CT molecular complexity index is 866. The van der Waals surface area contributed by atoms with Gasteiger partial charge >= 0.3 is 51.4 Å². The second-order valence-electron chi connectivity index (χ2n) is 4.69. The number of carbonyl (C=O) groups excluding carboxylic acids is 1. The fraction of sp³-hybridized carbons (Fsp3) is 0.133. The van der Waals surface area contributed by atoms with Crippen LogP contribution in [-0.2, 0) is 11.8 Å². The molecule has 0 amide bonds. The second kappa shape index (κ2) is 7.21. The molecule has 7 heteroatoms. The van der Waals surface area contributed by atoms with Crippen LogP contribution in [0.2, 0.25) is 5.02 Å². The van der Waals surface area contributed by atoms with Crippen molar-refractivity contribution in [3.05, 3.63) is 46.9 Å². The summed E-state index contributed by atoms with van der Waals surface area (Å²) in [6.45, 7) is 1.91. The number of fused-ring (bicyclic) bond motifs is 1. The summed E-state index contributed by atoms with van der Waals surface area (Å²) in [4.78, 5) is 15.0. The van der Waals surface area contributed by atoms with Crippen molar-refractivity contribution in [1.82, 2.24) is 19.3 Å². The van der Waals surface area contributed by atoms with Gasteiger partial charge in [0.05, 0.1) is 10.7 Å². The molecule has 3 rings (SSSR count). The molecule has 3 aromatic heterocycles. The summed E-state index contributed by atoms with van der Waals surface area (Å²) in [6.07, 6.45) is 7.51. The van der Waals surface area contributed by atoms with Gasteiger partial charge in [0, 0.05) is 30.4 Å². The van der Waals surface area contributed by atoms with Crippen molar-refractivity contribution in [2.45, 2.75) is 6.92 Å². The van der Waals surface area contributed by atoms with Gasteiger partial charge in [0.15, 0.2) is 0 Å². The number of rotatable bonds is 3. The molecule has 3 aromatic rings. The topological polar surface area (TPSA) is 52.7 Å². The van der Waals surface area contributed by atoms with Crippen molar-refractivity contribution >= 4 is 86.4 Å². The Morgan fingerprint density at radius 3 is 2.86 bits per heavy atom. The van der Waals surface area contributed by atoms with E-state index in [2.05, 4.69) is 10.1 Å². The van der Waals surface area contributed by atoms with Gasteiger partial charge in [-0.3, -0.25) is 14.0 Å². The zero-order chi connectivity index (χ0) is 15.0. The van der Waals surface area contributed by atoms with Crippen molar-refractivity contribution in [1.29, 1.82) is 0 Å². The average molecular weight is 341 g/mol. The van der Waals surface area contributed by atoms with Crippen LogP contribution in [0.5, 0.6) is 0 Å². The Hall–Kier alpha value is -0.764. The summed E-state index contributed by atoms with van der Waals surface area (Å²) < 4.78 is 3.71. The van der Waals surface area contributed by atoms with E-state index in [0.717, 1.165) is 34.4 Å². The van der Waals surface area contributed by atoms with Crippen molar-refractivity contribution in [3.63, 3.8) is 0 Å². The Kier molecular flexibility index (Phi) is 5.76. The summed E-state index contributed by atoms with van der Waals surface area (Å²) >= 11 is 5.97. The monoisotopic (exact) mass is 340 g/mol. The average Bonchev–Trinajstić information content (AvgIpc) is 2.96. The Balaban J connectivity index is 0.00000176. The molecule has 0 saturated carbocycles. The number of pyridine rings is 1. The third-order valence-corrected chi connectivity index (χ3v) is 3.51. The van der Waals surface area contributed by atoms with E-state index in [1.54, 1.807) is 17.0 Å². The van der Waals surface area contributed by atoms with Gasteiger partial charge in [-0.05, 0) is 31.2 Å². The zero-order valence-corrected chi connectivity index (χ0v) is 12.4. The molecule has 5 nitrogen and oxygen atoms in total. The van der Waals surface area contributed by atoms with Gasteiger partial charge in [0.1, 0.15) is 17.8 Å². The molecule has 0 aliphatic heterocycles. The van der Waals surface area contributed by atoms with Crippen molar-refractivity contribution in [2.24, 2.45) is 7.05 Å². The van der Waals surface area contributed by atoms with E-state index in [0.29, 0.717) is 5.02 Å². The molecule has 0 atom stereocenters. The van der Waals surface area contributed by atoms with E-state index in [1.165, 1.54) is 6.08 Å². The van der Waals surface area contributed by atoms with E-state index in [4.69, 9.17) is 11.6 Å². The van der Waals surface area contributed by atoms with Gasteiger partial charge in [-0.15, -0.1) is 0 Å². The summed E-state index contributed by atoms with van der Waals surface area (Å²) in [5.41, 5.74) is 2.53. The van der Waals surface area contributed by atoms with E-state index in [-0.39, 0.29) is 51.4 Å². The molecule has 3 heterocycles. The number of nitrogens with zero attached hydrogens (tertiary/aromatic N) is 4. The number of aldehydes is 1. The van der Waals surface area contributed by atoms with E-state index in [1.807, 2.05) is 36.9 Å². The van der Waals surface area contributed by atoms with Crippen LogP contribution in [-0.4, -0.2) is 77.0 Å². The van der Waals surface area contributed by atoms with Gasteiger partial charge in [0.25, 0.3) is 0 Å². The first-order valence-electron chi connectivity index (χ1n) is 6.40. The van der Waals surface area contributed by atoms with Gasteiger partial charge < -0.3 is 0 Å². The predicted octanol–water partition coefficient (Wildman–Crippen LogP) is 2.28. The molecule has 0 unspecified atom stereocenters.